The van der Waals surface area contributed by atoms with Crippen LogP contribution in [0, 0.1) is 0 Å². The van der Waals surface area contributed by atoms with Crippen LogP contribution in [0.15, 0.2) is 6.20 Å². The molecule has 0 atom stereocenters. The summed E-state index contributed by atoms with van der Waals surface area (Å²) in [6.45, 7) is 13.4. The monoisotopic (exact) mass is 315 g/mol. The summed E-state index contributed by atoms with van der Waals surface area (Å²) in [5, 5.41) is 8.35. The summed E-state index contributed by atoms with van der Waals surface area (Å²) < 4.78 is 4.16. The predicted octanol–water partition coefficient (Wildman–Crippen LogP) is 2.07. The summed E-state index contributed by atoms with van der Waals surface area (Å²) >= 11 is 6.10. The van der Waals surface area contributed by atoms with Crippen LogP contribution in [0.5, 0.6) is 0 Å². The number of aromatic nitrogens is 3. The normalized spacial score (nSPS) is 18.9. The molecule has 0 saturated carbocycles. The van der Waals surface area contributed by atoms with Crippen molar-refractivity contribution in [2.75, 3.05) is 26.2 Å². The van der Waals surface area contributed by atoms with Gasteiger partial charge in [-0.15, -0.1) is 5.10 Å². The van der Waals surface area contributed by atoms with Crippen molar-refractivity contribution < 1.29 is 0 Å². The molecule has 1 saturated heterocycles. The van der Waals surface area contributed by atoms with Gasteiger partial charge in [0.2, 0.25) is 0 Å². The van der Waals surface area contributed by atoms with Crippen molar-refractivity contribution in [2.24, 2.45) is 0 Å². The summed E-state index contributed by atoms with van der Waals surface area (Å²) in [6, 6.07) is 0.644. The van der Waals surface area contributed by atoms with Crippen molar-refractivity contribution in [1.82, 2.24) is 24.2 Å². The summed E-state index contributed by atoms with van der Waals surface area (Å²) in [5.41, 5.74) is 1.02. The van der Waals surface area contributed by atoms with E-state index in [4.69, 9.17) is 0 Å². The first-order valence-corrected chi connectivity index (χ1v) is 8.52. The summed E-state index contributed by atoms with van der Waals surface area (Å²) in [5.74, 6) is 0.570. The van der Waals surface area contributed by atoms with Gasteiger partial charge < -0.3 is 0 Å². The highest BCUT2D eigenvalue weighted by atomic mass is 32.2. The number of nitrogens with zero attached hydrogens (tertiary/aromatic N) is 5. The summed E-state index contributed by atoms with van der Waals surface area (Å²) in [4.78, 5) is 2.53. The van der Waals surface area contributed by atoms with E-state index in [-0.39, 0.29) is 4.75 Å². The molecule has 20 heavy (non-hydrogen) atoms. The molecule has 0 aliphatic carbocycles. The molecule has 0 radical (unpaired) electrons. The Morgan fingerprint density at radius 3 is 2.45 bits per heavy atom. The minimum Gasteiger partial charge on any atom is -0.298 e. The highest BCUT2D eigenvalue weighted by Gasteiger charge is 2.30. The molecular formula is C13H25N5S2. The van der Waals surface area contributed by atoms with Crippen molar-refractivity contribution in [3.8, 4) is 0 Å². The molecule has 1 aromatic rings. The standard InChI is InChI=1S/C13H25N5S2/c1-11(2)16-5-7-18(8-6-16)20-13(3,4)12-9-17(10-19)15-14-12/h9,11,19H,5-8,10H2,1-4H3. The predicted molar refractivity (Wildman–Crippen MR) is 87.9 cm³/mol. The number of hydrogen-bond acceptors (Lipinski definition) is 6. The van der Waals surface area contributed by atoms with Crippen LogP contribution in [0.2, 0.25) is 0 Å². The second-order valence-electron chi connectivity index (χ2n) is 5.95. The third-order valence-electron chi connectivity index (χ3n) is 3.66. The molecule has 5 nitrogen and oxygen atoms in total. The third-order valence-corrected chi connectivity index (χ3v) is 5.24. The topological polar surface area (TPSA) is 37.2 Å². The van der Waals surface area contributed by atoms with E-state index >= 15 is 0 Å². The lowest BCUT2D eigenvalue weighted by molar-refractivity contribution is 0.159. The van der Waals surface area contributed by atoms with Gasteiger partial charge in [0, 0.05) is 32.2 Å². The Morgan fingerprint density at radius 2 is 1.95 bits per heavy atom. The highest BCUT2D eigenvalue weighted by Crippen LogP contribution is 2.37. The van der Waals surface area contributed by atoms with Crippen molar-refractivity contribution >= 4 is 24.6 Å². The summed E-state index contributed by atoms with van der Waals surface area (Å²) in [6.07, 6.45) is 1.99. The number of rotatable bonds is 5. The Bertz CT molecular complexity index is 424. The minimum absolute atomic E-state index is 0.0544. The molecule has 1 aliphatic rings. The van der Waals surface area contributed by atoms with E-state index in [0.29, 0.717) is 11.9 Å². The molecule has 2 rings (SSSR count). The Kier molecular flexibility index (Phi) is 5.39. The van der Waals surface area contributed by atoms with Gasteiger partial charge in [0.1, 0.15) is 0 Å². The average molecular weight is 316 g/mol. The van der Waals surface area contributed by atoms with Crippen molar-refractivity contribution in [3.05, 3.63) is 11.9 Å². The maximum atomic E-state index is 4.27. The first kappa shape index (κ1) is 16.1. The van der Waals surface area contributed by atoms with Gasteiger partial charge >= 0.3 is 0 Å². The zero-order valence-corrected chi connectivity index (χ0v) is 14.5. The van der Waals surface area contributed by atoms with E-state index in [9.17, 15) is 0 Å². The van der Waals surface area contributed by atoms with Crippen molar-refractivity contribution in [2.45, 2.75) is 44.4 Å². The van der Waals surface area contributed by atoms with Crippen LogP contribution in [-0.2, 0) is 10.6 Å². The average Bonchev–Trinajstić information content (AvgIpc) is 2.88. The van der Waals surface area contributed by atoms with E-state index in [0.717, 1.165) is 31.9 Å². The van der Waals surface area contributed by atoms with Crippen LogP contribution in [-0.4, -0.2) is 56.4 Å². The van der Waals surface area contributed by atoms with Gasteiger partial charge in [-0.1, -0.05) is 17.2 Å². The lowest BCUT2D eigenvalue weighted by Gasteiger charge is -2.38. The van der Waals surface area contributed by atoms with Crippen LogP contribution >= 0.6 is 24.6 Å². The van der Waals surface area contributed by atoms with Crippen LogP contribution in [0.4, 0.5) is 0 Å². The summed E-state index contributed by atoms with van der Waals surface area (Å²) in [7, 11) is 0. The van der Waals surface area contributed by atoms with Crippen LogP contribution < -0.4 is 0 Å². The molecule has 0 amide bonds. The van der Waals surface area contributed by atoms with Gasteiger partial charge in [-0.25, -0.2) is 8.99 Å². The third kappa shape index (κ3) is 3.90. The van der Waals surface area contributed by atoms with Crippen molar-refractivity contribution in [1.29, 1.82) is 0 Å². The van der Waals surface area contributed by atoms with E-state index in [2.05, 4.69) is 59.8 Å². The number of thiol groups is 1. The maximum absolute atomic E-state index is 4.27. The molecule has 114 valence electrons. The SMILES string of the molecule is CC(C)N1CCN(SC(C)(C)c2cn(CS)nn2)CC1. The lowest BCUT2D eigenvalue weighted by Crippen LogP contribution is -2.47. The zero-order valence-electron chi connectivity index (χ0n) is 12.8. The van der Waals surface area contributed by atoms with E-state index in [1.807, 2.05) is 18.1 Å². The molecule has 0 unspecified atom stereocenters. The molecule has 1 aliphatic heterocycles. The van der Waals surface area contributed by atoms with E-state index < -0.39 is 0 Å². The molecule has 2 heterocycles. The molecule has 7 heteroatoms. The smallest absolute Gasteiger partial charge is 0.0995 e. The first-order chi connectivity index (χ1) is 9.42. The van der Waals surface area contributed by atoms with Gasteiger partial charge in [0.25, 0.3) is 0 Å². The Balaban J connectivity index is 1.92. The highest BCUT2D eigenvalue weighted by molar-refractivity contribution is 7.97. The molecule has 1 aromatic heterocycles. The second kappa shape index (κ2) is 6.68. The zero-order chi connectivity index (χ0) is 14.8. The Morgan fingerprint density at radius 1 is 1.30 bits per heavy atom. The van der Waals surface area contributed by atoms with Gasteiger partial charge in [-0.05, 0) is 27.7 Å². The Labute approximate surface area is 131 Å². The molecule has 1 fully saturated rings. The second-order valence-corrected chi connectivity index (χ2v) is 7.95. The van der Waals surface area contributed by atoms with Gasteiger partial charge in [0.05, 0.1) is 22.5 Å². The van der Waals surface area contributed by atoms with E-state index in [1.54, 1.807) is 4.68 Å². The first-order valence-electron chi connectivity index (χ1n) is 7.12. The van der Waals surface area contributed by atoms with Gasteiger partial charge in [-0.2, -0.15) is 12.6 Å². The minimum atomic E-state index is -0.0544. The van der Waals surface area contributed by atoms with E-state index in [1.165, 1.54) is 0 Å². The molecule has 0 spiro atoms. The molecule has 0 aromatic carbocycles. The van der Waals surface area contributed by atoms with Crippen molar-refractivity contribution in [3.63, 3.8) is 0 Å². The largest absolute Gasteiger partial charge is 0.298 e. The fourth-order valence-electron chi connectivity index (χ4n) is 2.32. The van der Waals surface area contributed by atoms with Gasteiger partial charge in [-0.3, -0.25) is 4.90 Å². The quantitative estimate of drug-likeness (QED) is 0.665. The number of hydrogen-bond donors (Lipinski definition) is 1. The maximum Gasteiger partial charge on any atom is 0.0995 e. The molecular weight excluding hydrogens is 290 g/mol. The molecule has 0 bridgehead atoms. The van der Waals surface area contributed by atoms with Crippen LogP contribution in [0.25, 0.3) is 0 Å². The van der Waals surface area contributed by atoms with Crippen LogP contribution in [0.1, 0.15) is 33.4 Å². The lowest BCUT2D eigenvalue weighted by atomic mass is 10.1. The Hall–Kier alpha value is -0.240. The fraction of sp³-hybridized carbons (Fsp3) is 0.846. The van der Waals surface area contributed by atoms with Crippen LogP contribution in [0.3, 0.4) is 0 Å². The number of piperazine rings is 1. The fourth-order valence-corrected chi connectivity index (χ4v) is 3.64. The molecule has 0 N–H and O–H groups in total. The van der Waals surface area contributed by atoms with Gasteiger partial charge in [0.15, 0.2) is 0 Å².